The molecule has 1 saturated carbocycles. The molecule has 1 fully saturated rings. The SMILES string of the molecule is CC(C)(C)C(OC(=O)c1c(C(=N)N)ccc2cocc12)C(=O)OC1CCCCC1. The third-order valence-corrected chi connectivity index (χ3v) is 5.21. The minimum Gasteiger partial charge on any atom is -0.471 e. The lowest BCUT2D eigenvalue weighted by Gasteiger charge is -2.31. The minimum atomic E-state index is -1.08. The molecule has 1 aromatic heterocycles. The third-order valence-electron chi connectivity index (χ3n) is 5.21. The summed E-state index contributed by atoms with van der Waals surface area (Å²) in [4.78, 5) is 26.0. The molecule has 1 unspecified atom stereocenters. The molecule has 0 amide bonds. The molecule has 0 aliphatic heterocycles. The van der Waals surface area contributed by atoms with Gasteiger partial charge in [0.05, 0.1) is 18.1 Å². The zero-order valence-corrected chi connectivity index (χ0v) is 17.1. The van der Waals surface area contributed by atoms with Crippen LogP contribution in [0.25, 0.3) is 10.8 Å². The lowest BCUT2D eigenvalue weighted by atomic mass is 9.88. The summed E-state index contributed by atoms with van der Waals surface area (Å²) in [6, 6.07) is 3.29. The Morgan fingerprint density at radius 1 is 1.17 bits per heavy atom. The summed E-state index contributed by atoms with van der Waals surface area (Å²) in [7, 11) is 0. The van der Waals surface area contributed by atoms with E-state index >= 15 is 0 Å². The number of amidine groups is 1. The molecule has 0 radical (unpaired) electrons. The first kappa shape index (κ1) is 20.9. The molecule has 1 heterocycles. The van der Waals surface area contributed by atoms with Crippen LogP contribution in [0.2, 0.25) is 0 Å². The van der Waals surface area contributed by atoms with Gasteiger partial charge in [-0.15, -0.1) is 0 Å². The van der Waals surface area contributed by atoms with Crippen molar-refractivity contribution < 1.29 is 23.5 Å². The maximum atomic E-state index is 13.1. The molecule has 7 heteroatoms. The fourth-order valence-electron chi connectivity index (χ4n) is 3.64. The second kappa shape index (κ2) is 8.27. The van der Waals surface area contributed by atoms with Crippen molar-refractivity contribution in [1.29, 1.82) is 5.41 Å². The van der Waals surface area contributed by atoms with Gasteiger partial charge in [-0.1, -0.05) is 33.3 Å². The molecule has 1 atom stereocenters. The lowest BCUT2D eigenvalue weighted by molar-refractivity contribution is -0.167. The topological polar surface area (TPSA) is 116 Å². The molecule has 156 valence electrons. The van der Waals surface area contributed by atoms with Crippen LogP contribution in [0.3, 0.4) is 0 Å². The number of hydrogen-bond acceptors (Lipinski definition) is 6. The molecular formula is C22H28N2O5. The second-order valence-electron chi connectivity index (χ2n) is 8.62. The van der Waals surface area contributed by atoms with E-state index in [1.165, 1.54) is 12.5 Å². The van der Waals surface area contributed by atoms with Crippen LogP contribution in [0.4, 0.5) is 0 Å². The van der Waals surface area contributed by atoms with Gasteiger partial charge in [0.15, 0.2) is 0 Å². The van der Waals surface area contributed by atoms with Crippen LogP contribution in [0.5, 0.6) is 0 Å². The van der Waals surface area contributed by atoms with E-state index in [1.54, 1.807) is 12.1 Å². The number of hydrogen-bond donors (Lipinski definition) is 2. The van der Waals surface area contributed by atoms with Gasteiger partial charge < -0.3 is 19.6 Å². The maximum absolute atomic E-state index is 13.1. The molecule has 2 aromatic rings. The Morgan fingerprint density at radius 3 is 2.48 bits per heavy atom. The summed E-state index contributed by atoms with van der Waals surface area (Å²) in [5, 5.41) is 8.97. The van der Waals surface area contributed by atoms with Crippen molar-refractivity contribution >= 4 is 28.5 Å². The van der Waals surface area contributed by atoms with Gasteiger partial charge in [-0.25, -0.2) is 9.59 Å². The van der Waals surface area contributed by atoms with Gasteiger partial charge >= 0.3 is 11.9 Å². The number of rotatable bonds is 5. The number of carbonyl (C=O) groups excluding carboxylic acids is 2. The Balaban J connectivity index is 1.88. The van der Waals surface area contributed by atoms with Crippen molar-refractivity contribution in [1.82, 2.24) is 0 Å². The van der Waals surface area contributed by atoms with Crippen LogP contribution in [0.1, 0.15) is 68.8 Å². The van der Waals surface area contributed by atoms with Crippen LogP contribution >= 0.6 is 0 Å². The monoisotopic (exact) mass is 400 g/mol. The number of esters is 2. The summed E-state index contributed by atoms with van der Waals surface area (Å²) in [6.45, 7) is 5.45. The van der Waals surface area contributed by atoms with Crippen LogP contribution in [-0.4, -0.2) is 30.0 Å². The summed E-state index contributed by atoms with van der Waals surface area (Å²) >= 11 is 0. The zero-order chi connectivity index (χ0) is 21.2. The molecule has 7 nitrogen and oxygen atoms in total. The molecule has 0 spiro atoms. The first-order chi connectivity index (χ1) is 13.7. The number of nitrogens with two attached hydrogens (primary N) is 1. The van der Waals surface area contributed by atoms with E-state index < -0.39 is 23.5 Å². The van der Waals surface area contributed by atoms with Gasteiger partial charge in [-0.05, 0) is 31.7 Å². The summed E-state index contributed by atoms with van der Waals surface area (Å²) < 4.78 is 16.5. The van der Waals surface area contributed by atoms with Gasteiger partial charge in [0.2, 0.25) is 6.10 Å². The van der Waals surface area contributed by atoms with Crippen molar-refractivity contribution in [2.45, 2.75) is 65.1 Å². The van der Waals surface area contributed by atoms with Crippen molar-refractivity contribution in [2.75, 3.05) is 0 Å². The number of fused-ring (bicyclic) bond motifs is 1. The normalized spacial score (nSPS) is 16.4. The number of nitrogens with one attached hydrogen (secondary N) is 1. The van der Waals surface area contributed by atoms with Crippen molar-refractivity contribution in [3.63, 3.8) is 0 Å². The van der Waals surface area contributed by atoms with Crippen molar-refractivity contribution in [2.24, 2.45) is 11.1 Å². The number of nitrogen functional groups attached to an aromatic ring is 1. The maximum Gasteiger partial charge on any atom is 0.348 e. The Kier molecular flexibility index (Phi) is 5.96. The number of furan rings is 1. The van der Waals surface area contributed by atoms with Gasteiger partial charge in [0.1, 0.15) is 11.9 Å². The largest absolute Gasteiger partial charge is 0.471 e. The van der Waals surface area contributed by atoms with E-state index in [0.29, 0.717) is 10.8 Å². The van der Waals surface area contributed by atoms with E-state index in [2.05, 4.69) is 0 Å². The highest BCUT2D eigenvalue weighted by Crippen LogP contribution is 2.30. The molecule has 3 N–H and O–H groups in total. The fraction of sp³-hybridized carbons (Fsp3) is 0.500. The van der Waals surface area contributed by atoms with E-state index in [4.69, 9.17) is 25.0 Å². The van der Waals surface area contributed by atoms with Gasteiger partial charge in [-0.3, -0.25) is 5.41 Å². The Morgan fingerprint density at radius 2 is 1.86 bits per heavy atom. The summed E-state index contributed by atoms with van der Waals surface area (Å²) in [6.07, 6.45) is 6.56. The van der Waals surface area contributed by atoms with E-state index in [0.717, 1.165) is 32.1 Å². The first-order valence-electron chi connectivity index (χ1n) is 9.93. The van der Waals surface area contributed by atoms with Gasteiger partial charge in [0.25, 0.3) is 0 Å². The van der Waals surface area contributed by atoms with Crippen molar-refractivity contribution in [3.8, 4) is 0 Å². The molecule has 1 aliphatic carbocycles. The molecule has 3 rings (SSSR count). The zero-order valence-electron chi connectivity index (χ0n) is 17.1. The Bertz CT molecular complexity index is 919. The molecule has 29 heavy (non-hydrogen) atoms. The smallest absolute Gasteiger partial charge is 0.348 e. The highest BCUT2D eigenvalue weighted by molar-refractivity contribution is 6.14. The van der Waals surface area contributed by atoms with Crippen LogP contribution < -0.4 is 5.73 Å². The Hall–Kier alpha value is -2.83. The first-order valence-corrected chi connectivity index (χ1v) is 9.93. The predicted octanol–water partition coefficient (Wildman–Crippen LogP) is 4.16. The highest BCUT2D eigenvalue weighted by Gasteiger charge is 2.38. The predicted molar refractivity (Wildman–Crippen MR) is 109 cm³/mol. The highest BCUT2D eigenvalue weighted by atomic mass is 16.6. The van der Waals surface area contributed by atoms with Crippen LogP contribution in [0.15, 0.2) is 29.1 Å². The number of benzene rings is 1. The molecule has 0 bridgehead atoms. The summed E-state index contributed by atoms with van der Waals surface area (Å²) in [5.74, 6) is -1.54. The van der Waals surface area contributed by atoms with Gasteiger partial charge in [0, 0.05) is 21.8 Å². The second-order valence-corrected chi connectivity index (χ2v) is 8.62. The number of ether oxygens (including phenoxy) is 2. The van der Waals surface area contributed by atoms with Crippen LogP contribution in [-0.2, 0) is 14.3 Å². The third kappa shape index (κ3) is 4.60. The summed E-state index contributed by atoms with van der Waals surface area (Å²) in [5.41, 5.74) is 5.35. The van der Waals surface area contributed by atoms with Gasteiger partial charge in [-0.2, -0.15) is 0 Å². The van der Waals surface area contributed by atoms with E-state index in [1.807, 2.05) is 20.8 Å². The molecule has 1 aliphatic rings. The average molecular weight is 400 g/mol. The standard InChI is InChI=1S/C22H28N2O5/c1-22(2,3)18(21(26)28-14-7-5-4-6-8-14)29-20(25)17-15(19(23)24)10-9-13-11-27-12-16(13)17/h9-12,14,18H,4-8H2,1-3H3,(H3,23,24). The molecule has 0 saturated heterocycles. The average Bonchev–Trinajstić information content (AvgIpc) is 3.13. The minimum absolute atomic E-state index is 0.114. The van der Waals surface area contributed by atoms with Crippen LogP contribution in [0, 0.1) is 10.8 Å². The fourth-order valence-corrected chi connectivity index (χ4v) is 3.64. The lowest BCUT2D eigenvalue weighted by Crippen LogP contribution is -2.42. The van der Waals surface area contributed by atoms with E-state index in [-0.39, 0.29) is 23.1 Å². The molecular weight excluding hydrogens is 372 g/mol. The van der Waals surface area contributed by atoms with Crippen molar-refractivity contribution in [3.05, 3.63) is 35.8 Å². The number of carbonyl (C=O) groups is 2. The quantitative estimate of drug-likeness (QED) is 0.442. The Labute approximate surface area is 170 Å². The van der Waals surface area contributed by atoms with E-state index in [9.17, 15) is 9.59 Å². The molecule has 1 aromatic carbocycles.